The highest BCUT2D eigenvalue weighted by Crippen LogP contribution is 2.45. The van der Waals surface area contributed by atoms with Crippen LogP contribution in [0.3, 0.4) is 0 Å². The SMILES string of the molecule is Cc1c(O)c(C)c2c(c1CCCO)OC(C)(C)C2. The van der Waals surface area contributed by atoms with Crippen LogP contribution in [0.25, 0.3) is 0 Å². The quantitative estimate of drug-likeness (QED) is 0.867. The first-order valence-electron chi connectivity index (χ1n) is 6.51. The van der Waals surface area contributed by atoms with Gasteiger partial charge in [-0.3, -0.25) is 0 Å². The largest absolute Gasteiger partial charge is 0.507 e. The fourth-order valence-electron chi connectivity index (χ4n) is 2.72. The number of aliphatic hydroxyl groups is 1. The lowest BCUT2D eigenvalue weighted by Gasteiger charge is -2.19. The topological polar surface area (TPSA) is 49.7 Å². The molecule has 0 saturated heterocycles. The number of ether oxygens (including phenoxy) is 1. The van der Waals surface area contributed by atoms with E-state index >= 15 is 0 Å². The lowest BCUT2D eigenvalue weighted by Crippen LogP contribution is -2.25. The fraction of sp³-hybridized carbons (Fsp3) is 0.600. The Morgan fingerprint density at radius 3 is 2.50 bits per heavy atom. The van der Waals surface area contributed by atoms with Gasteiger partial charge in [0.05, 0.1) is 0 Å². The highest BCUT2D eigenvalue weighted by molar-refractivity contribution is 5.60. The molecule has 1 aliphatic rings. The Labute approximate surface area is 108 Å². The van der Waals surface area contributed by atoms with Gasteiger partial charge in [0, 0.05) is 24.2 Å². The van der Waals surface area contributed by atoms with Crippen LogP contribution in [0, 0.1) is 13.8 Å². The van der Waals surface area contributed by atoms with E-state index in [0.29, 0.717) is 12.2 Å². The van der Waals surface area contributed by atoms with E-state index in [2.05, 4.69) is 13.8 Å². The zero-order chi connectivity index (χ0) is 13.5. The molecule has 0 aromatic heterocycles. The maximum absolute atomic E-state index is 10.2. The number of hydrogen-bond acceptors (Lipinski definition) is 3. The molecule has 0 unspecified atom stereocenters. The Hall–Kier alpha value is -1.22. The van der Waals surface area contributed by atoms with Gasteiger partial charge in [-0.2, -0.15) is 0 Å². The minimum absolute atomic E-state index is 0.159. The molecule has 3 heteroatoms. The van der Waals surface area contributed by atoms with Gasteiger partial charge in [-0.1, -0.05) is 0 Å². The number of phenols is 1. The van der Waals surface area contributed by atoms with E-state index in [9.17, 15) is 5.11 Å². The molecular formula is C15H22O3. The van der Waals surface area contributed by atoms with E-state index in [1.165, 1.54) is 0 Å². The Balaban J connectivity index is 2.54. The Morgan fingerprint density at radius 1 is 1.22 bits per heavy atom. The maximum Gasteiger partial charge on any atom is 0.127 e. The number of benzene rings is 1. The van der Waals surface area contributed by atoms with Crippen molar-refractivity contribution in [2.24, 2.45) is 0 Å². The van der Waals surface area contributed by atoms with Gasteiger partial charge in [-0.05, 0) is 51.7 Å². The predicted octanol–water partition coefficient (Wildman–Crippen LogP) is 2.65. The van der Waals surface area contributed by atoms with Crippen LogP contribution in [0.5, 0.6) is 11.5 Å². The summed E-state index contributed by atoms with van der Waals surface area (Å²) in [5.41, 5.74) is 3.78. The standard InChI is InChI=1S/C15H22O3/c1-9-11(6-5-7-16)14-12(10(2)13(9)17)8-15(3,4)18-14/h16-17H,5-8H2,1-4H3. The normalized spacial score (nSPS) is 16.5. The molecule has 0 radical (unpaired) electrons. The lowest BCUT2D eigenvalue weighted by molar-refractivity contribution is 0.137. The summed E-state index contributed by atoms with van der Waals surface area (Å²) in [4.78, 5) is 0. The summed E-state index contributed by atoms with van der Waals surface area (Å²) in [6.45, 7) is 8.15. The van der Waals surface area contributed by atoms with Crippen LogP contribution < -0.4 is 4.74 Å². The van der Waals surface area contributed by atoms with E-state index in [-0.39, 0.29) is 12.2 Å². The van der Waals surface area contributed by atoms with Crippen molar-refractivity contribution in [1.29, 1.82) is 0 Å². The number of aliphatic hydroxyl groups excluding tert-OH is 1. The van der Waals surface area contributed by atoms with E-state index in [1.807, 2.05) is 13.8 Å². The van der Waals surface area contributed by atoms with Gasteiger partial charge in [-0.25, -0.2) is 0 Å². The van der Waals surface area contributed by atoms with Crippen LogP contribution >= 0.6 is 0 Å². The van der Waals surface area contributed by atoms with Gasteiger partial charge in [0.2, 0.25) is 0 Å². The van der Waals surface area contributed by atoms with E-state index < -0.39 is 0 Å². The van der Waals surface area contributed by atoms with Crippen LogP contribution in [0.2, 0.25) is 0 Å². The maximum atomic E-state index is 10.2. The molecule has 1 aromatic carbocycles. The molecule has 100 valence electrons. The average molecular weight is 250 g/mol. The lowest BCUT2D eigenvalue weighted by atomic mass is 9.91. The first kappa shape index (κ1) is 13.2. The molecule has 0 saturated carbocycles. The van der Waals surface area contributed by atoms with E-state index in [1.54, 1.807) is 0 Å². The number of aromatic hydroxyl groups is 1. The molecular weight excluding hydrogens is 228 g/mol. The van der Waals surface area contributed by atoms with Crippen molar-refractivity contribution >= 4 is 0 Å². The fourth-order valence-corrected chi connectivity index (χ4v) is 2.72. The Morgan fingerprint density at radius 2 is 1.89 bits per heavy atom. The smallest absolute Gasteiger partial charge is 0.127 e. The molecule has 0 fully saturated rings. The molecule has 0 amide bonds. The minimum atomic E-state index is -0.207. The molecule has 18 heavy (non-hydrogen) atoms. The molecule has 1 heterocycles. The molecule has 1 aliphatic heterocycles. The number of phenolic OH excluding ortho intramolecular Hbond substituents is 1. The molecule has 1 aromatic rings. The third kappa shape index (κ3) is 2.07. The van der Waals surface area contributed by atoms with Crippen molar-refractivity contribution in [3.05, 3.63) is 22.3 Å². The summed E-state index contributed by atoms with van der Waals surface area (Å²) in [6, 6.07) is 0. The molecule has 2 rings (SSSR count). The zero-order valence-corrected chi connectivity index (χ0v) is 11.6. The molecule has 2 N–H and O–H groups in total. The average Bonchev–Trinajstić information content (AvgIpc) is 2.62. The Bertz CT molecular complexity index is 475. The number of rotatable bonds is 3. The molecule has 0 bridgehead atoms. The highest BCUT2D eigenvalue weighted by atomic mass is 16.5. The summed E-state index contributed by atoms with van der Waals surface area (Å²) >= 11 is 0. The third-order valence-electron chi connectivity index (χ3n) is 3.73. The molecule has 0 aliphatic carbocycles. The van der Waals surface area contributed by atoms with Crippen molar-refractivity contribution < 1.29 is 14.9 Å². The van der Waals surface area contributed by atoms with Crippen LogP contribution in [0.4, 0.5) is 0 Å². The number of hydrogen-bond donors (Lipinski definition) is 2. The summed E-state index contributed by atoms with van der Waals surface area (Å²) < 4.78 is 6.05. The van der Waals surface area contributed by atoms with Gasteiger partial charge in [0.25, 0.3) is 0 Å². The number of fused-ring (bicyclic) bond motifs is 1. The molecule has 3 nitrogen and oxygen atoms in total. The van der Waals surface area contributed by atoms with Gasteiger partial charge in [0.1, 0.15) is 17.1 Å². The monoisotopic (exact) mass is 250 g/mol. The van der Waals surface area contributed by atoms with Crippen LogP contribution in [-0.4, -0.2) is 22.4 Å². The van der Waals surface area contributed by atoms with Crippen molar-refractivity contribution in [2.45, 2.75) is 52.6 Å². The van der Waals surface area contributed by atoms with Crippen molar-refractivity contribution in [1.82, 2.24) is 0 Å². The summed E-state index contributed by atoms with van der Waals surface area (Å²) in [5.74, 6) is 1.31. The second kappa shape index (κ2) is 4.47. The highest BCUT2D eigenvalue weighted by Gasteiger charge is 2.35. The van der Waals surface area contributed by atoms with Gasteiger partial charge in [-0.15, -0.1) is 0 Å². The van der Waals surface area contributed by atoms with E-state index in [0.717, 1.165) is 40.8 Å². The van der Waals surface area contributed by atoms with Crippen LogP contribution in [-0.2, 0) is 12.8 Å². The predicted molar refractivity (Wildman–Crippen MR) is 71.4 cm³/mol. The molecule has 0 atom stereocenters. The van der Waals surface area contributed by atoms with Crippen molar-refractivity contribution in [3.8, 4) is 11.5 Å². The van der Waals surface area contributed by atoms with Crippen LogP contribution in [0.15, 0.2) is 0 Å². The third-order valence-corrected chi connectivity index (χ3v) is 3.73. The molecule has 0 spiro atoms. The van der Waals surface area contributed by atoms with Gasteiger partial charge < -0.3 is 14.9 Å². The van der Waals surface area contributed by atoms with Crippen LogP contribution in [0.1, 0.15) is 42.5 Å². The minimum Gasteiger partial charge on any atom is -0.507 e. The summed E-state index contributed by atoms with van der Waals surface area (Å²) in [7, 11) is 0. The zero-order valence-electron chi connectivity index (χ0n) is 11.6. The summed E-state index contributed by atoms with van der Waals surface area (Å²) in [5, 5.41) is 19.2. The Kier molecular flexibility index (Phi) is 3.28. The second-order valence-corrected chi connectivity index (χ2v) is 5.75. The van der Waals surface area contributed by atoms with Gasteiger partial charge in [0.15, 0.2) is 0 Å². The first-order valence-corrected chi connectivity index (χ1v) is 6.51. The van der Waals surface area contributed by atoms with Gasteiger partial charge >= 0.3 is 0 Å². The van der Waals surface area contributed by atoms with Crippen molar-refractivity contribution in [2.75, 3.05) is 6.61 Å². The van der Waals surface area contributed by atoms with E-state index in [4.69, 9.17) is 9.84 Å². The van der Waals surface area contributed by atoms with Crippen molar-refractivity contribution in [3.63, 3.8) is 0 Å². The second-order valence-electron chi connectivity index (χ2n) is 5.75. The first-order chi connectivity index (χ1) is 8.37. The summed E-state index contributed by atoms with van der Waals surface area (Å²) in [6.07, 6.45) is 2.27.